The summed E-state index contributed by atoms with van der Waals surface area (Å²) in [5.41, 5.74) is 0.342. The highest BCUT2D eigenvalue weighted by Crippen LogP contribution is 2.34. The average Bonchev–Trinajstić information content (AvgIpc) is 2.90. The summed E-state index contributed by atoms with van der Waals surface area (Å²) in [6.07, 6.45) is 4.18. The van der Waals surface area contributed by atoms with Crippen molar-refractivity contribution in [2.45, 2.75) is 43.0 Å². The summed E-state index contributed by atoms with van der Waals surface area (Å²) in [6, 6.07) is 18.0. The number of ether oxygens (including phenoxy) is 2. The Bertz CT molecular complexity index is 1350. The zero-order valence-corrected chi connectivity index (χ0v) is 22.7. The summed E-state index contributed by atoms with van der Waals surface area (Å²) in [5.74, 6) is 0.837. The van der Waals surface area contributed by atoms with Crippen LogP contribution in [-0.4, -0.2) is 38.3 Å². The summed E-state index contributed by atoms with van der Waals surface area (Å²) in [5, 5.41) is 3.38. The molecule has 1 aliphatic rings. The third kappa shape index (κ3) is 6.76. The number of nitrogens with zero attached hydrogens (tertiary/aromatic N) is 1. The number of benzene rings is 3. The van der Waals surface area contributed by atoms with E-state index < -0.39 is 15.9 Å². The predicted octanol–water partition coefficient (Wildman–Crippen LogP) is 6.76. The van der Waals surface area contributed by atoms with Gasteiger partial charge in [-0.15, -0.1) is 0 Å². The molecule has 37 heavy (non-hydrogen) atoms. The van der Waals surface area contributed by atoms with E-state index in [0.29, 0.717) is 40.8 Å². The van der Waals surface area contributed by atoms with E-state index in [1.165, 1.54) is 29.6 Å². The molecule has 0 radical (unpaired) electrons. The second-order valence-electron chi connectivity index (χ2n) is 8.74. The lowest BCUT2D eigenvalue weighted by molar-refractivity contribution is -0.116. The molecule has 1 N–H and O–H groups in total. The number of anilines is 1. The summed E-state index contributed by atoms with van der Waals surface area (Å²) >= 11 is 12.4. The van der Waals surface area contributed by atoms with Crippen molar-refractivity contribution in [2.24, 2.45) is 0 Å². The first-order valence-electron chi connectivity index (χ1n) is 12.0. The van der Waals surface area contributed by atoms with Gasteiger partial charge in [0.05, 0.1) is 29.3 Å². The molecule has 0 aliphatic heterocycles. The molecule has 10 heteroatoms. The van der Waals surface area contributed by atoms with Crippen LogP contribution >= 0.6 is 23.2 Å². The maximum absolute atomic E-state index is 13.7. The van der Waals surface area contributed by atoms with Crippen molar-refractivity contribution in [3.05, 3.63) is 76.8 Å². The summed E-state index contributed by atoms with van der Waals surface area (Å²) in [4.78, 5) is 13.3. The molecule has 4 rings (SSSR count). The molecule has 1 amide bonds. The Hall–Kier alpha value is -2.78. The number of amides is 1. The van der Waals surface area contributed by atoms with Gasteiger partial charge >= 0.3 is 0 Å². The van der Waals surface area contributed by atoms with Crippen molar-refractivity contribution in [1.29, 1.82) is 0 Å². The highest BCUT2D eigenvalue weighted by atomic mass is 35.5. The Balaban J connectivity index is 1.60. The van der Waals surface area contributed by atoms with Crippen molar-refractivity contribution in [1.82, 2.24) is 4.31 Å². The van der Waals surface area contributed by atoms with E-state index in [-0.39, 0.29) is 22.5 Å². The van der Waals surface area contributed by atoms with Crippen molar-refractivity contribution in [2.75, 3.05) is 19.0 Å². The van der Waals surface area contributed by atoms with E-state index in [1.807, 2.05) is 18.2 Å². The number of carbonyl (C=O) groups is 1. The van der Waals surface area contributed by atoms with Gasteiger partial charge in [0.1, 0.15) is 11.5 Å². The van der Waals surface area contributed by atoms with Crippen molar-refractivity contribution < 1.29 is 22.7 Å². The fraction of sp³-hybridized carbons (Fsp3) is 0.296. The molecular formula is C27H28Cl2N2O5S. The maximum Gasteiger partial charge on any atom is 0.243 e. The van der Waals surface area contributed by atoms with Gasteiger partial charge < -0.3 is 14.8 Å². The van der Waals surface area contributed by atoms with Gasteiger partial charge in [-0.25, -0.2) is 8.42 Å². The van der Waals surface area contributed by atoms with E-state index >= 15 is 0 Å². The molecule has 196 valence electrons. The number of halogens is 2. The smallest absolute Gasteiger partial charge is 0.243 e. The molecular weight excluding hydrogens is 535 g/mol. The van der Waals surface area contributed by atoms with E-state index in [4.69, 9.17) is 32.7 Å². The molecule has 0 heterocycles. The van der Waals surface area contributed by atoms with E-state index in [0.717, 1.165) is 19.3 Å². The minimum absolute atomic E-state index is 0.00697. The molecule has 0 saturated heterocycles. The Kier molecular flexibility index (Phi) is 8.97. The number of methoxy groups -OCH3 is 1. The second kappa shape index (κ2) is 12.2. The minimum atomic E-state index is -4.03. The van der Waals surface area contributed by atoms with Gasteiger partial charge in [0.15, 0.2) is 5.75 Å². The predicted molar refractivity (Wildman–Crippen MR) is 145 cm³/mol. The topological polar surface area (TPSA) is 84.9 Å². The van der Waals surface area contributed by atoms with Crippen LogP contribution in [0.3, 0.4) is 0 Å². The third-order valence-corrected chi connectivity index (χ3v) is 8.62. The Morgan fingerprint density at radius 1 is 0.973 bits per heavy atom. The van der Waals surface area contributed by atoms with Gasteiger partial charge in [-0.1, -0.05) is 60.7 Å². The highest BCUT2D eigenvalue weighted by Gasteiger charge is 2.34. The summed E-state index contributed by atoms with van der Waals surface area (Å²) in [6.45, 7) is -0.367. The standard InChI is InChI=1S/C27H28Cl2N2O5S/c1-35-25-15-13-22(17-23(25)29)37(33,34)31(20-8-4-2-5-9-20)18-27(32)30-24-16-19(28)12-14-26(24)36-21-10-6-3-7-11-21/h3,6-7,10-17,20H,2,4-5,8-9,18H2,1H3,(H,30,32). The Morgan fingerprint density at radius 3 is 2.35 bits per heavy atom. The largest absolute Gasteiger partial charge is 0.495 e. The normalized spacial score (nSPS) is 14.4. The SMILES string of the molecule is COc1ccc(S(=O)(=O)N(CC(=O)Nc2cc(Cl)ccc2Oc2ccccc2)C2CCCCC2)cc1Cl. The molecule has 0 unspecified atom stereocenters. The van der Waals surface area contributed by atoms with Gasteiger partial charge in [0.2, 0.25) is 15.9 Å². The molecule has 0 atom stereocenters. The van der Waals surface area contributed by atoms with Gasteiger partial charge in [-0.3, -0.25) is 4.79 Å². The fourth-order valence-electron chi connectivity index (χ4n) is 4.36. The molecule has 0 bridgehead atoms. The molecule has 3 aromatic rings. The van der Waals surface area contributed by atoms with Crippen molar-refractivity contribution >= 4 is 44.8 Å². The Morgan fingerprint density at radius 2 is 1.68 bits per heavy atom. The van der Waals surface area contributed by atoms with Crippen LogP contribution < -0.4 is 14.8 Å². The lowest BCUT2D eigenvalue weighted by Crippen LogP contribution is -2.45. The number of hydrogen-bond donors (Lipinski definition) is 1. The summed E-state index contributed by atoms with van der Waals surface area (Å²) in [7, 11) is -2.57. The molecule has 7 nitrogen and oxygen atoms in total. The summed E-state index contributed by atoms with van der Waals surface area (Å²) < 4.78 is 39.8. The van der Waals surface area contributed by atoms with Gasteiger partial charge in [0.25, 0.3) is 0 Å². The quantitative estimate of drug-likeness (QED) is 0.311. The van der Waals surface area contributed by atoms with Crippen LogP contribution in [0.15, 0.2) is 71.6 Å². The van der Waals surface area contributed by atoms with Gasteiger partial charge in [-0.05, 0) is 61.4 Å². The number of nitrogens with one attached hydrogen (secondary N) is 1. The first kappa shape index (κ1) is 27.3. The van der Waals surface area contributed by atoms with Gasteiger partial charge in [-0.2, -0.15) is 4.31 Å². The fourth-order valence-corrected chi connectivity index (χ4v) is 6.52. The van der Waals surface area contributed by atoms with Gasteiger partial charge in [0, 0.05) is 11.1 Å². The molecule has 3 aromatic carbocycles. The van der Waals surface area contributed by atoms with Crippen molar-refractivity contribution in [3.8, 4) is 17.2 Å². The molecule has 0 aromatic heterocycles. The van der Waals surface area contributed by atoms with E-state index in [9.17, 15) is 13.2 Å². The van der Waals surface area contributed by atoms with Crippen LogP contribution in [0, 0.1) is 0 Å². The van der Waals surface area contributed by atoms with Crippen LogP contribution in [0.25, 0.3) is 0 Å². The van der Waals surface area contributed by atoms with Crippen LogP contribution in [0.4, 0.5) is 5.69 Å². The monoisotopic (exact) mass is 562 g/mol. The molecule has 1 aliphatic carbocycles. The maximum atomic E-state index is 13.7. The Labute approximate surface area is 227 Å². The molecule has 0 spiro atoms. The minimum Gasteiger partial charge on any atom is -0.495 e. The van der Waals surface area contributed by atoms with Crippen LogP contribution in [0.5, 0.6) is 17.2 Å². The molecule has 1 fully saturated rings. The molecule has 1 saturated carbocycles. The number of para-hydroxylation sites is 1. The number of sulfonamides is 1. The van der Waals surface area contributed by atoms with Crippen LogP contribution in [0.1, 0.15) is 32.1 Å². The first-order valence-corrected chi connectivity index (χ1v) is 14.1. The lowest BCUT2D eigenvalue weighted by Gasteiger charge is -2.33. The number of rotatable bonds is 9. The first-order chi connectivity index (χ1) is 17.8. The zero-order valence-electron chi connectivity index (χ0n) is 20.3. The lowest BCUT2D eigenvalue weighted by atomic mass is 9.95. The van der Waals surface area contributed by atoms with E-state index in [2.05, 4.69) is 5.32 Å². The zero-order chi connectivity index (χ0) is 26.4. The van der Waals surface area contributed by atoms with Crippen molar-refractivity contribution in [3.63, 3.8) is 0 Å². The van der Waals surface area contributed by atoms with Crippen LogP contribution in [0.2, 0.25) is 10.0 Å². The number of hydrogen-bond acceptors (Lipinski definition) is 5. The average molecular weight is 564 g/mol. The highest BCUT2D eigenvalue weighted by molar-refractivity contribution is 7.89. The third-order valence-electron chi connectivity index (χ3n) is 6.20. The number of carbonyl (C=O) groups excluding carboxylic acids is 1. The van der Waals surface area contributed by atoms with Crippen LogP contribution in [-0.2, 0) is 14.8 Å². The second-order valence-corrected chi connectivity index (χ2v) is 11.5. The van der Waals surface area contributed by atoms with E-state index in [1.54, 1.807) is 30.3 Å².